The van der Waals surface area contributed by atoms with Gasteiger partial charge in [-0.05, 0) is 33.9 Å². The van der Waals surface area contributed by atoms with Crippen molar-refractivity contribution in [3.05, 3.63) is 0 Å². The molecule has 64 valence electrons. The lowest BCUT2D eigenvalue weighted by Crippen LogP contribution is -2.42. The van der Waals surface area contributed by atoms with E-state index in [2.05, 4.69) is 5.32 Å². The smallest absolute Gasteiger partial charge is 0.237 e. The summed E-state index contributed by atoms with van der Waals surface area (Å²) in [7, 11) is 3.83. The van der Waals surface area contributed by atoms with Crippen molar-refractivity contribution in [2.45, 2.75) is 31.8 Å². The third-order valence-corrected chi connectivity index (χ3v) is 2.08. The van der Waals surface area contributed by atoms with Crippen molar-refractivity contribution in [3.8, 4) is 0 Å². The molecule has 3 nitrogen and oxygen atoms in total. The van der Waals surface area contributed by atoms with Crippen LogP contribution in [0.15, 0.2) is 0 Å². The average molecular weight is 156 g/mol. The van der Waals surface area contributed by atoms with Crippen molar-refractivity contribution >= 4 is 5.91 Å². The highest BCUT2D eigenvalue weighted by atomic mass is 16.2. The van der Waals surface area contributed by atoms with Gasteiger partial charge >= 0.3 is 0 Å². The quantitative estimate of drug-likeness (QED) is 0.633. The topological polar surface area (TPSA) is 32.3 Å². The van der Waals surface area contributed by atoms with Crippen LogP contribution in [-0.4, -0.2) is 37.0 Å². The van der Waals surface area contributed by atoms with E-state index >= 15 is 0 Å². The van der Waals surface area contributed by atoms with Gasteiger partial charge in [-0.3, -0.25) is 9.69 Å². The van der Waals surface area contributed by atoms with Gasteiger partial charge in [-0.25, -0.2) is 0 Å². The summed E-state index contributed by atoms with van der Waals surface area (Å²) in [6, 6.07) is 0.473. The number of nitrogens with one attached hydrogen (secondary N) is 1. The maximum absolute atomic E-state index is 11.3. The van der Waals surface area contributed by atoms with Crippen molar-refractivity contribution < 1.29 is 4.79 Å². The molecule has 0 aromatic heterocycles. The zero-order valence-electron chi connectivity index (χ0n) is 7.42. The number of amides is 1. The first-order chi connectivity index (χ1) is 5.11. The van der Waals surface area contributed by atoms with Crippen molar-refractivity contribution in [2.75, 3.05) is 14.1 Å². The number of hydrogen-bond acceptors (Lipinski definition) is 2. The zero-order valence-corrected chi connectivity index (χ0v) is 7.42. The fourth-order valence-electron chi connectivity index (χ4n) is 0.784. The van der Waals surface area contributed by atoms with Gasteiger partial charge in [0, 0.05) is 6.04 Å². The molecular formula is C8H16N2O. The van der Waals surface area contributed by atoms with Gasteiger partial charge in [0.2, 0.25) is 5.91 Å². The van der Waals surface area contributed by atoms with Crippen LogP contribution in [0.5, 0.6) is 0 Å². The fraction of sp³-hybridized carbons (Fsp3) is 0.875. The highest BCUT2D eigenvalue weighted by molar-refractivity contribution is 5.81. The fourth-order valence-corrected chi connectivity index (χ4v) is 0.784. The Labute approximate surface area is 67.8 Å². The summed E-state index contributed by atoms with van der Waals surface area (Å²) in [5, 5.41) is 2.95. The van der Waals surface area contributed by atoms with E-state index in [1.54, 1.807) is 0 Å². The van der Waals surface area contributed by atoms with Crippen LogP contribution in [0.2, 0.25) is 0 Å². The van der Waals surface area contributed by atoms with Gasteiger partial charge in [0.1, 0.15) is 0 Å². The second kappa shape index (κ2) is 3.22. The molecule has 1 atom stereocenters. The summed E-state index contributed by atoms with van der Waals surface area (Å²) in [6.07, 6.45) is 2.32. The third-order valence-electron chi connectivity index (χ3n) is 2.08. The second-order valence-corrected chi connectivity index (χ2v) is 3.42. The predicted octanol–water partition coefficient (Wildman–Crippen LogP) is 0.215. The normalized spacial score (nSPS) is 20.0. The molecule has 0 aromatic rings. The largest absolute Gasteiger partial charge is 0.352 e. The van der Waals surface area contributed by atoms with Crippen LogP contribution in [0.3, 0.4) is 0 Å². The van der Waals surface area contributed by atoms with Crippen LogP contribution in [0.4, 0.5) is 0 Å². The number of hydrogen-bond donors (Lipinski definition) is 1. The molecule has 11 heavy (non-hydrogen) atoms. The van der Waals surface area contributed by atoms with Gasteiger partial charge in [-0.1, -0.05) is 0 Å². The van der Waals surface area contributed by atoms with Crippen LogP contribution >= 0.6 is 0 Å². The number of carbonyl (C=O) groups is 1. The highest BCUT2D eigenvalue weighted by Gasteiger charge is 2.25. The minimum atomic E-state index is -0.00407. The molecule has 1 amide bonds. The van der Waals surface area contributed by atoms with E-state index in [9.17, 15) is 4.79 Å². The molecule has 0 radical (unpaired) electrons. The van der Waals surface area contributed by atoms with E-state index in [1.807, 2.05) is 25.9 Å². The lowest BCUT2D eigenvalue weighted by Gasteiger charge is -2.18. The van der Waals surface area contributed by atoms with E-state index in [1.165, 1.54) is 0 Å². The number of nitrogens with zero attached hydrogens (tertiary/aromatic N) is 1. The Morgan fingerprint density at radius 3 is 2.45 bits per heavy atom. The van der Waals surface area contributed by atoms with Crippen LogP contribution in [0.1, 0.15) is 19.8 Å². The Kier molecular flexibility index (Phi) is 2.49. The Balaban J connectivity index is 2.26. The highest BCUT2D eigenvalue weighted by Crippen LogP contribution is 2.18. The van der Waals surface area contributed by atoms with E-state index in [0.29, 0.717) is 6.04 Å². The average Bonchev–Trinajstić information content (AvgIpc) is 2.69. The number of rotatable bonds is 3. The first kappa shape index (κ1) is 8.53. The molecule has 0 unspecified atom stereocenters. The first-order valence-electron chi connectivity index (χ1n) is 4.08. The lowest BCUT2D eigenvalue weighted by atomic mass is 10.3. The molecular weight excluding hydrogens is 140 g/mol. The minimum Gasteiger partial charge on any atom is -0.352 e. The summed E-state index contributed by atoms with van der Waals surface area (Å²) in [5.41, 5.74) is 0. The van der Waals surface area contributed by atoms with E-state index in [4.69, 9.17) is 0 Å². The molecule has 0 aromatic carbocycles. The SMILES string of the molecule is C[C@@H](C(=O)NC1CC1)N(C)C. The van der Waals surface area contributed by atoms with Gasteiger partial charge in [0.05, 0.1) is 6.04 Å². The molecule has 1 aliphatic carbocycles. The molecule has 1 aliphatic rings. The van der Waals surface area contributed by atoms with Gasteiger partial charge in [0.25, 0.3) is 0 Å². The Morgan fingerprint density at radius 2 is 2.09 bits per heavy atom. The molecule has 0 heterocycles. The maximum Gasteiger partial charge on any atom is 0.237 e. The first-order valence-corrected chi connectivity index (χ1v) is 4.08. The van der Waals surface area contributed by atoms with Crippen molar-refractivity contribution in [1.82, 2.24) is 10.2 Å². The van der Waals surface area contributed by atoms with Crippen molar-refractivity contribution in [1.29, 1.82) is 0 Å². The van der Waals surface area contributed by atoms with Crippen LogP contribution in [-0.2, 0) is 4.79 Å². The van der Waals surface area contributed by atoms with Crippen LogP contribution in [0.25, 0.3) is 0 Å². The van der Waals surface area contributed by atoms with Crippen LogP contribution < -0.4 is 5.32 Å². The number of likely N-dealkylation sites (N-methyl/N-ethyl adjacent to an activating group) is 1. The lowest BCUT2D eigenvalue weighted by molar-refractivity contribution is -0.125. The molecule has 0 aliphatic heterocycles. The monoisotopic (exact) mass is 156 g/mol. The Morgan fingerprint density at radius 1 is 1.55 bits per heavy atom. The minimum absolute atomic E-state index is 0.00407. The van der Waals surface area contributed by atoms with Gasteiger partial charge < -0.3 is 5.32 Å². The van der Waals surface area contributed by atoms with E-state index < -0.39 is 0 Å². The summed E-state index contributed by atoms with van der Waals surface area (Å²) in [4.78, 5) is 13.2. The summed E-state index contributed by atoms with van der Waals surface area (Å²) >= 11 is 0. The zero-order chi connectivity index (χ0) is 8.43. The van der Waals surface area contributed by atoms with Gasteiger partial charge in [0.15, 0.2) is 0 Å². The molecule has 0 spiro atoms. The van der Waals surface area contributed by atoms with E-state index in [0.717, 1.165) is 12.8 Å². The molecule has 1 rings (SSSR count). The second-order valence-electron chi connectivity index (χ2n) is 3.42. The molecule has 0 saturated heterocycles. The van der Waals surface area contributed by atoms with Crippen LogP contribution in [0, 0.1) is 0 Å². The van der Waals surface area contributed by atoms with Gasteiger partial charge in [-0.2, -0.15) is 0 Å². The predicted molar refractivity (Wildman–Crippen MR) is 44.3 cm³/mol. The summed E-state index contributed by atoms with van der Waals surface area (Å²) in [6.45, 7) is 1.91. The van der Waals surface area contributed by atoms with Gasteiger partial charge in [-0.15, -0.1) is 0 Å². The molecule has 1 fully saturated rings. The summed E-state index contributed by atoms with van der Waals surface area (Å²) < 4.78 is 0. The molecule has 1 N–H and O–H groups in total. The molecule has 0 bridgehead atoms. The van der Waals surface area contributed by atoms with E-state index in [-0.39, 0.29) is 11.9 Å². The molecule has 3 heteroatoms. The number of carbonyl (C=O) groups excluding carboxylic acids is 1. The summed E-state index contributed by atoms with van der Waals surface area (Å²) in [5.74, 6) is 0.150. The maximum atomic E-state index is 11.3. The van der Waals surface area contributed by atoms with Crippen molar-refractivity contribution in [3.63, 3.8) is 0 Å². The Hall–Kier alpha value is -0.570. The third kappa shape index (κ3) is 2.50. The molecule has 1 saturated carbocycles. The Bertz CT molecular complexity index is 152. The standard InChI is InChI=1S/C8H16N2O/c1-6(10(2)3)8(11)9-7-4-5-7/h6-7H,4-5H2,1-3H3,(H,9,11)/t6-/m0/s1. The van der Waals surface area contributed by atoms with Crippen molar-refractivity contribution in [2.24, 2.45) is 0 Å².